The third-order valence-electron chi connectivity index (χ3n) is 4.44. The van der Waals surface area contributed by atoms with Gasteiger partial charge in [0.25, 0.3) is 0 Å². The first-order valence-corrected chi connectivity index (χ1v) is 8.95. The lowest BCUT2D eigenvalue weighted by Crippen LogP contribution is -2.39. The van der Waals surface area contributed by atoms with Gasteiger partial charge in [-0.15, -0.1) is 0 Å². The molecule has 1 N–H and O–H groups in total. The van der Waals surface area contributed by atoms with Gasteiger partial charge in [-0.1, -0.05) is 31.0 Å². The number of nitrogens with one attached hydrogen (secondary N) is 1. The molecule has 1 aliphatic carbocycles. The molecule has 4 nitrogen and oxygen atoms in total. The van der Waals surface area contributed by atoms with E-state index in [1.54, 1.807) is 24.3 Å². The van der Waals surface area contributed by atoms with Crippen molar-refractivity contribution in [3.8, 4) is 0 Å². The average molecular weight is 294 g/mol. The van der Waals surface area contributed by atoms with Gasteiger partial charge in [-0.05, 0) is 31.4 Å². The highest BCUT2D eigenvalue weighted by Gasteiger charge is 2.32. The first kappa shape index (κ1) is 14.0. The molecular weight excluding hydrogens is 272 g/mol. The van der Waals surface area contributed by atoms with Crippen LogP contribution in [-0.2, 0) is 10.0 Å². The van der Waals surface area contributed by atoms with Crippen LogP contribution in [-0.4, -0.2) is 38.5 Å². The third-order valence-corrected chi connectivity index (χ3v) is 5.97. The summed E-state index contributed by atoms with van der Waals surface area (Å²) in [5, 5.41) is 0. The lowest BCUT2D eigenvalue weighted by Gasteiger charge is -2.23. The fourth-order valence-corrected chi connectivity index (χ4v) is 4.65. The van der Waals surface area contributed by atoms with Crippen LogP contribution in [0.25, 0.3) is 0 Å². The predicted molar refractivity (Wildman–Crippen MR) is 79.0 cm³/mol. The van der Waals surface area contributed by atoms with Gasteiger partial charge in [-0.3, -0.25) is 4.90 Å². The minimum absolute atomic E-state index is 0.0563. The predicted octanol–water partition coefficient (Wildman–Crippen LogP) is 1.98. The Morgan fingerprint density at radius 2 is 1.75 bits per heavy atom. The molecule has 5 heteroatoms. The van der Waals surface area contributed by atoms with Gasteiger partial charge in [0.2, 0.25) is 10.0 Å². The Kier molecular flexibility index (Phi) is 4.10. The summed E-state index contributed by atoms with van der Waals surface area (Å²) in [6.45, 7) is 1.88. The summed E-state index contributed by atoms with van der Waals surface area (Å²) in [4.78, 5) is 2.82. The topological polar surface area (TPSA) is 49.4 Å². The fraction of sp³-hybridized carbons (Fsp3) is 0.600. The Hall–Kier alpha value is -0.910. The average Bonchev–Trinajstić information content (AvgIpc) is 3.10. The van der Waals surface area contributed by atoms with Gasteiger partial charge in [0.15, 0.2) is 0 Å². The summed E-state index contributed by atoms with van der Waals surface area (Å²) in [6, 6.07) is 9.37. The van der Waals surface area contributed by atoms with Crippen molar-refractivity contribution in [1.82, 2.24) is 9.62 Å². The second-order valence-corrected chi connectivity index (χ2v) is 7.57. The van der Waals surface area contributed by atoms with E-state index in [0.29, 0.717) is 10.9 Å². The molecule has 0 bridgehead atoms. The number of sulfonamides is 1. The Morgan fingerprint density at radius 3 is 2.45 bits per heavy atom. The molecule has 1 aromatic carbocycles. The summed E-state index contributed by atoms with van der Waals surface area (Å²) < 4.78 is 27.4. The number of rotatable bonds is 4. The molecule has 2 fully saturated rings. The summed E-state index contributed by atoms with van der Waals surface area (Å²) in [5.41, 5.74) is 0. The van der Waals surface area contributed by atoms with E-state index in [4.69, 9.17) is 0 Å². The van der Waals surface area contributed by atoms with Crippen molar-refractivity contribution < 1.29 is 8.42 Å². The number of likely N-dealkylation sites (tertiary alicyclic amines) is 1. The molecule has 1 unspecified atom stereocenters. The van der Waals surface area contributed by atoms with Gasteiger partial charge in [-0.2, -0.15) is 0 Å². The number of hydrogen-bond donors (Lipinski definition) is 1. The van der Waals surface area contributed by atoms with Crippen LogP contribution in [0.15, 0.2) is 35.2 Å². The minimum atomic E-state index is -3.37. The molecule has 1 saturated carbocycles. The Bertz CT molecular complexity index is 538. The van der Waals surface area contributed by atoms with Gasteiger partial charge < -0.3 is 0 Å². The molecule has 1 saturated heterocycles. The van der Waals surface area contributed by atoms with E-state index in [2.05, 4.69) is 9.62 Å². The van der Waals surface area contributed by atoms with Crippen molar-refractivity contribution in [2.75, 3.05) is 13.1 Å². The quantitative estimate of drug-likeness (QED) is 0.924. The Morgan fingerprint density at radius 1 is 1.05 bits per heavy atom. The highest BCUT2D eigenvalue weighted by atomic mass is 32.2. The van der Waals surface area contributed by atoms with Crippen LogP contribution in [0.4, 0.5) is 0 Å². The van der Waals surface area contributed by atoms with Crippen LogP contribution in [0, 0.1) is 0 Å². The normalized spacial score (nSPS) is 25.3. The monoisotopic (exact) mass is 294 g/mol. The highest BCUT2D eigenvalue weighted by Crippen LogP contribution is 2.26. The number of nitrogens with zero attached hydrogens (tertiary/aromatic N) is 1. The van der Waals surface area contributed by atoms with Gasteiger partial charge in [0.05, 0.1) is 4.90 Å². The van der Waals surface area contributed by atoms with E-state index in [1.165, 1.54) is 25.7 Å². The molecule has 0 amide bonds. The minimum Gasteiger partial charge on any atom is -0.299 e. The third kappa shape index (κ3) is 3.05. The van der Waals surface area contributed by atoms with Crippen LogP contribution in [0.3, 0.4) is 0 Å². The van der Waals surface area contributed by atoms with Crippen LogP contribution in [0.2, 0.25) is 0 Å². The van der Waals surface area contributed by atoms with Crippen molar-refractivity contribution in [3.05, 3.63) is 30.3 Å². The molecule has 110 valence electrons. The van der Waals surface area contributed by atoms with Crippen LogP contribution >= 0.6 is 0 Å². The van der Waals surface area contributed by atoms with Crippen LogP contribution in [0.5, 0.6) is 0 Å². The van der Waals surface area contributed by atoms with Crippen LogP contribution < -0.4 is 4.72 Å². The molecule has 3 rings (SSSR count). The second kappa shape index (κ2) is 5.84. The lowest BCUT2D eigenvalue weighted by atomic mass is 10.2. The molecule has 1 aliphatic heterocycles. The van der Waals surface area contributed by atoms with E-state index in [1.807, 2.05) is 6.07 Å². The van der Waals surface area contributed by atoms with E-state index < -0.39 is 10.0 Å². The molecule has 0 spiro atoms. The molecule has 1 atom stereocenters. The van der Waals surface area contributed by atoms with Crippen molar-refractivity contribution in [2.45, 2.75) is 49.1 Å². The number of hydrogen-bond acceptors (Lipinski definition) is 3. The second-order valence-electron chi connectivity index (χ2n) is 5.85. The van der Waals surface area contributed by atoms with Crippen molar-refractivity contribution >= 4 is 10.0 Å². The molecule has 0 aromatic heterocycles. The van der Waals surface area contributed by atoms with E-state index >= 15 is 0 Å². The molecule has 2 aliphatic rings. The maximum Gasteiger partial charge on any atom is 0.240 e. The zero-order valence-electron chi connectivity index (χ0n) is 11.7. The molecule has 1 heterocycles. The van der Waals surface area contributed by atoms with E-state index in [-0.39, 0.29) is 6.04 Å². The Balaban J connectivity index is 1.61. The molecule has 1 aromatic rings. The van der Waals surface area contributed by atoms with Crippen molar-refractivity contribution in [1.29, 1.82) is 0 Å². The van der Waals surface area contributed by atoms with Crippen molar-refractivity contribution in [2.24, 2.45) is 0 Å². The highest BCUT2D eigenvalue weighted by molar-refractivity contribution is 7.89. The van der Waals surface area contributed by atoms with Crippen molar-refractivity contribution in [3.63, 3.8) is 0 Å². The van der Waals surface area contributed by atoms with Gasteiger partial charge in [-0.25, -0.2) is 13.1 Å². The fourth-order valence-electron chi connectivity index (χ4n) is 3.37. The zero-order chi connectivity index (χ0) is 14.0. The summed E-state index contributed by atoms with van der Waals surface area (Å²) in [6.07, 6.45) is 6.11. The van der Waals surface area contributed by atoms with Gasteiger partial charge >= 0.3 is 0 Å². The van der Waals surface area contributed by atoms with Crippen LogP contribution in [0.1, 0.15) is 32.1 Å². The Labute approximate surface area is 121 Å². The SMILES string of the molecule is O=S(=O)(NC1CCN(C2CCCC2)C1)c1ccccc1. The van der Waals surface area contributed by atoms with Gasteiger partial charge in [0, 0.05) is 25.2 Å². The first-order valence-electron chi connectivity index (χ1n) is 7.46. The zero-order valence-corrected chi connectivity index (χ0v) is 12.5. The van der Waals surface area contributed by atoms with Gasteiger partial charge in [0.1, 0.15) is 0 Å². The smallest absolute Gasteiger partial charge is 0.240 e. The lowest BCUT2D eigenvalue weighted by molar-refractivity contribution is 0.242. The first-order chi connectivity index (χ1) is 9.65. The molecular formula is C15H22N2O2S. The molecule has 20 heavy (non-hydrogen) atoms. The van der Waals surface area contributed by atoms with E-state index in [9.17, 15) is 8.42 Å². The largest absolute Gasteiger partial charge is 0.299 e. The molecule has 0 radical (unpaired) electrons. The van der Waals surface area contributed by atoms with E-state index in [0.717, 1.165) is 19.5 Å². The summed E-state index contributed by atoms with van der Waals surface area (Å²) in [7, 11) is -3.37. The number of benzene rings is 1. The summed E-state index contributed by atoms with van der Waals surface area (Å²) >= 11 is 0. The maximum absolute atomic E-state index is 12.3. The summed E-state index contributed by atoms with van der Waals surface area (Å²) in [5.74, 6) is 0. The maximum atomic E-state index is 12.3. The standard InChI is InChI=1S/C15H22N2O2S/c18-20(19,15-8-2-1-3-9-15)16-13-10-11-17(12-13)14-6-4-5-7-14/h1-3,8-9,13-14,16H,4-7,10-12H2.